The molecule has 1 aromatic carbocycles. The summed E-state index contributed by atoms with van der Waals surface area (Å²) in [5, 5.41) is 12.0. The number of benzene rings is 1. The smallest absolute Gasteiger partial charge is 0.352 e. The number of aliphatic hydroxyl groups is 1. The largest absolute Gasteiger partial charge is 0.383 e. The third-order valence-corrected chi connectivity index (χ3v) is 4.09. The third kappa shape index (κ3) is 2.60. The number of hydrogen-bond acceptors (Lipinski definition) is 3. The number of nitrogens with zero attached hydrogens (tertiary/aromatic N) is 1. The van der Waals surface area contributed by atoms with Crippen LogP contribution in [0.15, 0.2) is 18.2 Å². The molecular formula is C15H20F2N2O2. The minimum Gasteiger partial charge on any atom is -0.383 e. The van der Waals surface area contributed by atoms with E-state index in [1.54, 1.807) is 19.1 Å². The zero-order chi connectivity index (χ0) is 15.8. The van der Waals surface area contributed by atoms with Crippen molar-refractivity contribution >= 4 is 17.3 Å². The number of anilines is 2. The Balaban J connectivity index is 2.22. The zero-order valence-electron chi connectivity index (χ0n) is 12.4. The molecule has 116 valence electrons. The number of hydrogen-bond donors (Lipinski definition) is 2. The second-order valence-corrected chi connectivity index (χ2v) is 5.76. The molecule has 1 amide bonds. The van der Waals surface area contributed by atoms with Gasteiger partial charge in [0.2, 0.25) is 0 Å². The van der Waals surface area contributed by atoms with Crippen LogP contribution in [0.1, 0.15) is 24.8 Å². The van der Waals surface area contributed by atoms with Crippen molar-refractivity contribution in [1.29, 1.82) is 0 Å². The van der Waals surface area contributed by atoms with Crippen LogP contribution in [-0.4, -0.2) is 36.6 Å². The first-order valence-electron chi connectivity index (χ1n) is 6.87. The van der Waals surface area contributed by atoms with Crippen molar-refractivity contribution in [2.75, 3.05) is 24.3 Å². The summed E-state index contributed by atoms with van der Waals surface area (Å²) in [4.78, 5) is 13.7. The van der Waals surface area contributed by atoms with Crippen LogP contribution in [0.4, 0.5) is 20.2 Å². The average molecular weight is 298 g/mol. The first kappa shape index (κ1) is 15.7. The maximum atomic E-state index is 14.1. The molecule has 2 N–H and O–H groups in total. The lowest BCUT2D eigenvalue weighted by molar-refractivity contribution is -0.212. The van der Waals surface area contributed by atoms with Gasteiger partial charge < -0.3 is 15.3 Å². The molecule has 0 heterocycles. The fourth-order valence-electron chi connectivity index (χ4n) is 2.48. The Hall–Kier alpha value is -1.69. The highest BCUT2D eigenvalue weighted by atomic mass is 19.3. The maximum Gasteiger partial charge on any atom is 0.352 e. The minimum absolute atomic E-state index is 0.0514. The Bertz CT molecular complexity index is 555. The standard InChI is InChI=1S/C15H20F2N2O2/c1-10-11(6-4-7-12(10)19(2)3)18-13(20)15(16,17)14(21)8-5-9-14/h4,6-7,21H,5,8-9H2,1-3H3,(H,18,20). The third-order valence-electron chi connectivity index (χ3n) is 4.09. The van der Waals surface area contributed by atoms with Gasteiger partial charge in [0.15, 0.2) is 0 Å². The van der Waals surface area contributed by atoms with E-state index in [9.17, 15) is 18.7 Å². The monoisotopic (exact) mass is 298 g/mol. The van der Waals surface area contributed by atoms with Crippen LogP contribution in [0.5, 0.6) is 0 Å². The highest BCUT2D eigenvalue weighted by Crippen LogP contribution is 2.44. The lowest BCUT2D eigenvalue weighted by atomic mass is 9.75. The quantitative estimate of drug-likeness (QED) is 0.898. The molecule has 1 aliphatic carbocycles. The first-order valence-corrected chi connectivity index (χ1v) is 6.87. The molecule has 1 fully saturated rings. The lowest BCUT2D eigenvalue weighted by Crippen LogP contribution is -2.59. The molecule has 4 nitrogen and oxygen atoms in total. The van der Waals surface area contributed by atoms with E-state index in [-0.39, 0.29) is 12.8 Å². The van der Waals surface area contributed by atoms with Crippen molar-refractivity contribution in [3.05, 3.63) is 23.8 Å². The van der Waals surface area contributed by atoms with Crippen LogP contribution in [0.2, 0.25) is 0 Å². The lowest BCUT2D eigenvalue weighted by Gasteiger charge is -2.41. The summed E-state index contributed by atoms with van der Waals surface area (Å²) in [5.41, 5.74) is -0.344. The van der Waals surface area contributed by atoms with Gasteiger partial charge in [0.1, 0.15) is 5.60 Å². The first-order chi connectivity index (χ1) is 9.69. The minimum atomic E-state index is -3.79. The molecule has 0 radical (unpaired) electrons. The maximum absolute atomic E-state index is 14.1. The van der Waals surface area contributed by atoms with Gasteiger partial charge in [-0.15, -0.1) is 0 Å². The van der Waals surface area contributed by atoms with Crippen LogP contribution in [0, 0.1) is 6.92 Å². The van der Waals surface area contributed by atoms with Crippen molar-refractivity contribution in [3.8, 4) is 0 Å². The Kier molecular flexibility index (Phi) is 3.93. The van der Waals surface area contributed by atoms with Crippen LogP contribution in [-0.2, 0) is 4.79 Å². The Morgan fingerprint density at radius 2 is 2.00 bits per heavy atom. The molecule has 21 heavy (non-hydrogen) atoms. The molecule has 1 saturated carbocycles. The van der Waals surface area contributed by atoms with Gasteiger partial charge in [0.25, 0.3) is 5.91 Å². The number of alkyl halides is 2. The predicted octanol–water partition coefficient (Wildman–Crippen LogP) is 2.55. The van der Waals surface area contributed by atoms with Crippen molar-refractivity contribution < 1.29 is 18.7 Å². The van der Waals surface area contributed by atoms with Crippen molar-refractivity contribution in [1.82, 2.24) is 0 Å². The summed E-state index contributed by atoms with van der Waals surface area (Å²) in [6, 6.07) is 5.10. The number of halogens is 2. The van der Waals surface area contributed by atoms with Gasteiger partial charge in [-0.25, -0.2) is 0 Å². The molecule has 0 saturated heterocycles. The van der Waals surface area contributed by atoms with E-state index in [0.29, 0.717) is 17.7 Å². The molecular weight excluding hydrogens is 278 g/mol. The average Bonchev–Trinajstić information content (AvgIpc) is 2.37. The molecule has 0 unspecified atom stereocenters. The molecule has 0 aromatic heterocycles. The molecule has 0 bridgehead atoms. The number of carbonyl (C=O) groups excluding carboxylic acids is 1. The number of amides is 1. The van der Waals surface area contributed by atoms with Crippen molar-refractivity contribution in [2.45, 2.75) is 37.7 Å². The van der Waals surface area contributed by atoms with E-state index in [2.05, 4.69) is 5.32 Å². The van der Waals surface area contributed by atoms with Crippen molar-refractivity contribution in [2.24, 2.45) is 0 Å². The van der Waals surface area contributed by atoms with Gasteiger partial charge in [-0.05, 0) is 43.9 Å². The Morgan fingerprint density at radius 1 is 1.38 bits per heavy atom. The molecule has 1 aromatic rings. The summed E-state index contributed by atoms with van der Waals surface area (Å²) in [6.45, 7) is 1.75. The van der Waals surface area contributed by atoms with Crippen molar-refractivity contribution in [3.63, 3.8) is 0 Å². The Morgan fingerprint density at radius 3 is 2.48 bits per heavy atom. The number of carbonyl (C=O) groups is 1. The summed E-state index contributed by atoms with van der Waals surface area (Å²) >= 11 is 0. The van der Waals surface area contributed by atoms with Crippen LogP contribution in [0.25, 0.3) is 0 Å². The predicted molar refractivity (Wildman–Crippen MR) is 77.9 cm³/mol. The van der Waals surface area contributed by atoms with E-state index >= 15 is 0 Å². The summed E-state index contributed by atoms with van der Waals surface area (Å²) in [5.74, 6) is -5.24. The summed E-state index contributed by atoms with van der Waals surface area (Å²) in [7, 11) is 3.67. The molecule has 2 rings (SSSR count). The molecule has 0 aliphatic heterocycles. The topological polar surface area (TPSA) is 52.6 Å². The van der Waals surface area contributed by atoms with E-state index in [1.807, 2.05) is 25.1 Å². The SMILES string of the molecule is Cc1c(NC(=O)C(F)(F)C2(O)CCC2)cccc1N(C)C. The number of nitrogens with one attached hydrogen (secondary N) is 1. The van der Waals surface area contributed by atoms with E-state index in [1.165, 1.54) is 0 Å². The van der Waals surface area contributed by atoms with E-state index < -0.39 is 17.4 Å². The van der Waals surface area contributed by atoms with Gasteiger partial charge in [-0.2, -0.15) is 8.78 Å². The molecule has 6 heteroatoms. The second-order valence-electron chi connectivity index (χ2n) is 5.76. The fourth-order valence-corrected chi connectivity index (χ4v) is 2.48. The molecule has 0 atom stereocenters. The highest BCUT2D eigenvalue weighted by Gasteiger charge is 2.61. The van der Waals surface area contributed by atoms with E-state index in [0.717, 1.165) is 5.69 Å². The summed E-state index contributed by atoms with van der Waals surface area (Å²) < 4.78 is 28.1. The second kappa shape index (κ2) is 5.26. The van der Waals surface area contributed by atoms with Gasteiger partial charge >= 0.3 is 5.92 Å². The molecule has 1 aliphatic rings. The normalized spacial score (nSPS) is 17.0. The van der Waals surface area contributed by atoms with Crippen LogP contribution < -0.4 is 10.2 Å². The van der Waals surface area contributed by atoms with Gasteiger partial charge in [0, 0.05) is 25.5 Å². The van der Waals surface area contributed by atoms with Crippen LogP contribution >= 0.6 is 0 Å². The summed E-state index contributed by atoms with van der Waals surface area (Å²) in [6.07, 6.45) is 0.406. The van der Waals surface area contributed by atoms with Gasteiger partial charge in [-0.1, -0.05) is 6.07 Å². The van der Waals surface area contributed by atoms with E-state index in [4.69, 9.17) is 0 Å². The van der Waals surface area contributed by atoms with Gasteiger partial charge in [-0.3, -0.25) is 4.79 Å². The van der Waals surface area contributed by atoms with Crippen LogP contribution in [0.3, 0.4) is 0 Å². The Labute approximate surface area is 122 Å². The molecule has 0 spiro atoms. The van der Waals surface area contributed by atoms with Gasteiger partial charge in [0.05, 0.1) is 0 Å². The number of rotatable bonds is 4. The fraction of sp³-hybridized carbons (Fsp3) is 0.533. The zero-order valence-corrected chi connectivity index (χ0v) is 12.4. The highest BCUT2D eigenvalue weighted by molar-refractivity contribution is 5.98.